The average Bonchev–Trinajstić information content (AvgIpc) is 2.83. The van der Waals surface area contributed by atoms with Gasteiger partial charge in [0.2, 0.25) is 0 Å². The van der Waals surface area contributed by atoms with Crippen LogP contribution in [0, 0.1) is 0 Å². The maximum Gasteiger partial charge on any atom is 0.0763 e. The fourth-order valence-electron chi connectivity index (χ4n) is 3.46. The van der Waals surface area contributed by atoms with E-state index in [9.17, 15) is 0 Å². The van der Waals surface area contributed by atoms with Crippen molar-refractivity contribution in [3.8, 4) is 0 Å². The van der Waals surface area contributed by atoms with Gasteiger partial charge in [-0.15, -0.1) is 0 Å². The van der Waals surface area contributed by atoms with E-state index in [4.69, 9.17) is 41.2 Å². The molecule has 1 aliphatic heterocycles. The molecule has 2 aromatic rings. The van der Waals surface area contributed by atoms with Crippen molar-refractivity contribution in [1.82, 2.24) is 5.32 Å². The average molecular weight is 361 g/mol. The van der Waals surface area contributed by atoms with Gasteiger partial charge in [-0.1, -0.05) is 47.6 Å². The lowest BCUT2D eigenvalue weighted by molar-refractivity contribution is 0.679. The molecule has 0 bridgehead atoms. The van der Waals surface area contributed by atoms with E-state index >= 15 is 0 Å². The second-order valence-electron chi connectivity index (χ2n) is 5.87. The Morgan fingerprint density at radius 2 is 1.91 bits per heavy atom. The van der Waals surface area contributed by atoms with E-state index < -0.39 is 0 Å². The highest BCUT2D eigenvalue weighted by molar-refractivity contribution is 7.80. The molecule has 3 N–H and O–H groups in total. The zero-order valence-corrected chi connectivity index (χ0v) is 14.5. The van der Waals surface area contributed by atoms with E-state index in [0.29, 0.717) is 10.7 Å². The molecule has 1 heterocycles. The van der Waals surface area contributed by atoms with Gasteiger partial charge in [-0.2, -0.15) is 0 Å². The third-order valence-electron chi connectivity index (χ3n) is 4.48. The van der Waals surface area contributed by atoms with Crippen LogP contribution in [0.3, 0.4) is 0 Å². The molecule has 0 amide bonds. The number of rotatable bonds is 1. The summed E-state index contributed by atoms with van der Waals surface area (Å²) in [6.07, 6.45) is 1.82. The number of nitrogen functional groups attached to an aromatic ring is 1. The SMILES string of the molecule is Nc1cc(C2=C3CCC(=S)NC3c3ccc(Cl)cc32)ccc1Cl. The highest BCUT2D eigenvalue weighted by Gasteiger charge is 2.34. The summed E-state index contributed by atoms with van der Waals surface area (Å²) in [5.41, 5.74) is 12.6. The molecule has 0 saturated carbocycles. The standard InChI is InChI=1S/C18H14Cl2N2S/c19-10-2-3-11-13(8-10)17(9-1-5-14(20)15(21)7-9)12-4-6-16(23)22-18(11)12/h1-3,5,7-8,18H,4,6,21H2,(H,22,23). The van der Waals surface area contributed by atoms with E-state index in [-0.39, 0.29) is 6.04 Å². The van der Waals surface area contributed by atoms with Crippen LogP contribution in [0.25, 0.3) is 5.57 Å². The quantitative estimate of drug-likeness (QED) is 0.545. The largest absolute Gasteiger partial charge is 0.398 e. The summed E-state index contributed by atoms with van der Waals surface area (Å²) in [4.78, 5) is 0.913. The van der Waals surface area contributed by atoms with Crippen LogP contribution in [-0.4, -0.2) is 4.99 Å². The predicted octanol–water partition coefficient (Wildman–Crippen LogP) is 5.14. The van der Waals surface area contributed by atoms with Gasteiger partial charge in [0, 0.05) is 11.4 Å². The zero-order chi connectivity index (χ0) is 16.1. The van der Waals surface area contributed by atoms with Crippen LogP contribution in [-0.2, 0) is 0 Å². The summed E-state index contributed by atoms with van der Waals surface area (Å²) in [6, 6.07) is 12.0. The van der Waals surface area contributed by atoms with E-state index in [2.05, 4.69) is 11.4 Å². The predicted molar refractivity (Wildman–Crippen MR) is 101 cm³/mol. The molecule has 2 aliphatic rings. The van der Waals surface area contributed by atoms with E-state index in [1.54, 1.807) is 0 Å². The lowest BCUT2D eigenvalue weighted by Gasteiger charge is -2.26. The first-order chi connectivity index (χ1) is 11.0. The highest BCUT2D eigenvalue weighted by atomic mass is 35.5. The molecule has 2 aromatic carbocycles. The summed E-state index contributed by atoms with van der Waals surface area (Å²) >= 11 is 17.7. The van der Waals surface area contributed by atoms with Gasteiger partial charge >= 0.3 is 0 Å². The third-order valence-corrected chi connectivity index (χ3v) is 5.38. The Hall–Kier alpha value is -1.55. The number of thiocarbonyl (C=S) groups is 1. The maximum absolute atomic E-state index is 6.24. The Balaban J connectivity index is 1.95. The van der Waals surface area contributed by atoms with Crippen LogP contribution >= 0.6 is 35.4 Å². The van der Waals surface area contributed by atoms with Crippen molar-refractivity contribution >= 4 is 51.7 Å². The first-order valence-corrected chi connectivity index (χ1v) is 8.58. The normalized spacial score (nSPS) is 19.4. The molecule has 5 heteroatoms. The molecule has 4 rings (SSSR count). The molecule has 0 aromatic heterocycles. The molecule has 0 spiro atoms. The van der Waals surface area contributed by atoms with Gasteiger partial charge in [0.05, 0.1) is 21.7 Å². The summed E-state index contributed by atoms with van der Waals surface area (Å²) in [6.45, 7) is 0. The van der Waals surface area contributed by atoms with Crippen molar-refractivity contribution in [3.05, 3.63) is 68.7 Å². The molecule has 1 fully saturated rings. The highest BCUT2D eigenvalue weighted by Crippen LogP contribution is 2.48. The fourth-order valence-corrected chi connectivity index (χ4v) is 3.97. The zero-order valence-electron chi connectivity index (χ0n) is 12.2. The number of benzene rings is 2. The maximum atomic E-state index is 6.24. The molecular weight excluding hydrogens is 347 g/mol. The van der Waals surface area contributed by atoms with Gasteiger partial charge in [-0.3, -0.25) is 0 Å². The molecule has 1 aliphatic carbocycles. The van der Waals surface area contributed by atoms with Crippen LogP contribution < -0.4 is 11.1 Å². The molecule has 2 nitrogen and oxygen atoms in total. The van der Waals surface area contributed by atoms with Gasteiger partial charge < -0.3 is 11.1 Å². The van der Waals surface area contributed by atoms with E-state index in [1.165, 1.54) is 16.7 Å². The Morgan fingerprint density at radius 3 is 2.70 bits per heavy atom. The number of piperidine rings is 1. The number of fused-ring (bicyclic) bond motifs is 3. The number of nitrogens with one attached hydrogen (secondary N) is 1. The third kappa shape index (κ3) is 2.44. The molecule has 0 radical (unpaired) electrons. The van der Waals surface area contributed by atoms with Gasteiger partial charge in [-0.25, -0.2) is 0 Å². The Labute approximate surface area is 150 Å². The summed E-state index contributed by atoms with van der Waals surface area (Å²) in [5, 5.41) is 4.75. The van der Waals surface area contributed by atoms with Crippen LogP contribution in [0.1, 0.15) is 35.6 Å². The molecule has 23 heavy (non-hydrogen) atoms. The topological polar surface area (TPSA) is 38.0 Å². The van der Waals surface area contributed by atoms with Crippen LogP contribution in [0.15, 0.2) is 42.0 Å². The second-order valence-corrected chi connectivity index (χ2v) is 7.21. The number of hydrogen-bond acceptors (Lipinski definition) is 2. The Kier molecular flexibility index (Phi) is 3.60. The number of halogens is 2. The van der Waals surface area contributed by atoms with Crippen LogP contribution in [0.2, 0.25) is 10.0 Å². The van der Waals surface area contributed by atoms with Crippen molar-refractivity contribution in [2.24, 2.45) is 0 Å². The molecule has 1 atom stereocenters. The van der Waals surface area contributed by atoms with Crippen molar-refractivity contribution in [3.63, 3.8) is 0 Å². The number of hydrogen-bond donors (Lipinski definition) is 2. The van der Waals surface area contributed by atoms with E-state index in [1.807, 2.05) is 30.3 Å². The van der Waals surface area contributed by atoms with Gasteiger partial charge in [0.15, 0.2) is 0 Å². The smallest absolute Gasteiger partial charge is 0.0763 e. The Bertz CT molecular complexity index is 873. The molecule has 1 saturated heterocycles. The minimum atomic E-state index is 0.135. The molecule has 1 unspecified atom stereocenters. The number of nitrogens with two attached hydrogens (primary N) is 1. The lowest BCUT2D eigenvalue weighted by atomic mass is 9.93. The van der Waals surface area contributed by atoms with Gasteiger partial charge in [-0.05, 0) is 58.5 Å². The Morgan fingerprint density at radius 1 is 1.09 bits per heavy atom. The second kappa shape index (κ2) is 5.52. The van der Waals surface area contributed by atoms with Gasteiger partial charge in [0.25, 0.3) is 0 Å². The molecule has 116 valence electrons. The fraction of sp³-hybridized carbons (Fsp3) is 0.167. The lowest BCUT2D eigenvalue weighted by Crippen LogP contribution is -2.31. The van der Waals surface area contributed by atoms with Crippen LogP contribution in [0.4, 0.5) is 5.69 Å². The molecular formula is C18H14Cl2N2S. The summed E-state index contributed by atoms with van der Waals surface area (Å²) in [7, 11) is 0. The minimum Gasteiger partial charge on any atom is -0.398 e. The van der Waals surface area contributed by atoms with Crippen molar-refractivity contribution in [2.45, 2.75) is 18.9 Å². The van der Waals surface area contributed by atoms with E-state index in [0.717, 1.165) is 34.0 Å². The van der Waals surface area contributed by atoms with Crippen molar-refractivity contribution in [1.29, 1.82) is 0 Å². The minimum absolute atomic E-state index is 0.135. The van der Waals surface area contributed by atoms with Crippen molar-refractivity contribution < 1.29 is 0 Å². The van der Waals surface area contributed by atoms with Gasteiger partial charge in [0.1, 0.15) is 0 Å². The summed E-state index contributed by atoms with van der Waals surface area (Å²) < 4.78 is 0. The first kappa shape index (κ1) is 15.0. The first-order valence-electron chi connectivity index (χ1n) is 7.42. The number of anilines is 1. The van der Waals surface area contributed by atoms with Crippen LogP contribution in [0.5, 0.6) is 0 Å². The van der Waals surface area contributed by atoms with Crippen molar-refractivity contribution in [2.75, 3.05) is 5.73 Å². The summed E-state index contributed by atoms with van der Waals surface area (Å²) in [5.74, 6) is 0. The monoisotopic (exact) mass is 360 g/mol.